The van der Waals surface area contributed by atoms with Crippen LogP contribution in [0.4, 0.5) is 5.69 Å². The van der Waals surface area contributed by atoms with Gasteiger partial charge in [-0.25, -0.2) is 4.98 Å². The third-order valence-electron chi connectivity index (χ3n) is 8.77. The van der Waals surface area contributed by atoms with Gasteiger partial charge in [0.05, 0.1) is 27.8 Å². The number of ether oxygens (including phenoxy) is 1. The Balaban J connectivity index is 1.17. The molecule has 2 aliphatic rings. The summed E-state index contributed by atoms with van der Waals surface area (Å²) in [6.07, 6.45) is 2.16. The summed E-state index contributed by atoms with van der Waals surface area (Å²) in [7, 11) is 2.04. The maximum atomic E-state index is 13.3. The molecule has 1 atom stereocenters. The van der Waals surface area contributed by atoms with Gasteiger partial charge >= 0.3 is 0 Å². The number of piperidine rings is 1. The quantitative estimate of drug-likeness (QED) is 0.218. The summed E-state index contributed by atoms with van der Waals surface area (Å²) in [6.45, 7) is 10.3. The molecule has 2 amide bonds. The normalized spacial score (nSPS) is 16.8. The van der Waals surface area contributed by atoms with Crippen molar-refractivity contribution in [1.82, 2.24) is 24.8 Å². The maximum Gasteiger partial charge on any atom is 0.261 e. The highest BCUT2D eigenvalue weighted by atomic mass is 16.5. The zero-order valence-electron chi connectivity index (χ0n) is 26.4. The van der Waals surface area contributed by atoms with Crippen molar-refractivity contribution in [3.8, 4) is 17.1 Å². The van der Waals surface area contributed by atoms with Crippen LogP contribution in [0.2, 0.25) is 0 Å². The number of benzene rings is 2. The van der Waals surface area contributed by atoms with Gasteiger partial charge in [-0.2, -0.15) is 0 Å². The highest BCUT2D eigenvalue weighted by Gasteiger charge is 2.41. The van der Waals surface area contributed by atoms with E-state index < -0.39 is 6.10 Å². The van der Waals surface area contributed by atoms with Gasteiger partial charge in [-0.05, 0) is 80.7 Å². The van der Waals surface area contributed by atoms with E-state index in [4.69, 9.17) is 4.74 Å². The number of likely N-dealkylation sites (tertiary alicyclic amines) is 1. The number of rotatable bonds is 8. The van der Waals surface area contributed by atoms with Crippen molar-refractivity contribution in [1.29, 1.82) is 0 Å². The number of aryl methyl sites for hydroxylation is 1. The summed E-state index contributed by atoms with van der Waals surface area (Å²) in [4.78, 5) is 53.8. The van der Waals surface area contributed by atoms with E-state index in [0.29, 0.717) is 33.6 Å². The fraction of sp³-hybridized carbons (Fsp3) is 0.412. The first-order chi connectivity index (χ1) is 21.4. The molecule has 4 aromatic rings. The molecule has 2 aromatic carbocycles. The molecule has 0 saturated carbocycles. The van der Waals surface area contributed by atoms with Gasteiger partial charge in [-0.15, -0.1) is 0 Å². The maximum absolute atomic E-state index is 13.3. The van der Waals surface area contributed by atoms with E-state index in [-0.39, 0.29) is 53.4 Å². The van der Waals surface area contributed by atoms with Crippen LogP contribution in [0.15, 0.2) is 47.4 Å². The van der Waals surface area contributed by atoms with Gasteiger partial charge in [-0.3, -0.25) is 19.3 Å². The average molecular weight is 613 g/mol. The highest BCUT2D eigenvalue weighted by Crippen LogP contribution is 2.33. The lowest BCUT2D eigenvalue weighted by Crippen LogP contribution is -2.46. The smallest absolute Gasteiger partial charge is 0.261 e. The number of aliphatic hydroxyl groups excluding tert-OH is 1. The predicted molar refractivity (Wildman–Crippen MR) is 173 cm³/mol. The molecule has 1 saturated heterocycles. The summed E-state index contributed by atoms with van der Waals surface area (Å²) >= 11 is 0. The number of hydrogen-bond donors (Lipinski definition) is 4. The second-order valence-electron chi connectivity index (χ2n) is 13.2. The van der Waals surface area contributed by atoms with Crippen LogP contribution in [0.25, 0.3) is 22.4 Å². The molecule has 0 aliphatic carbocycles. The summed E-state index contributed by atoms with van der Waals surface area (Å²) in [5, 5.41) is 13.9. The van der Waals surface area contributed by atoms with Gasteiger partial charge in [0, 0.05) is 18.8 Å². The molecule has 2 aliphatic heterocycles. The van der Waals surface area contributed by atoms with E-state index in [1.807, 2.05) is 26.1 Å². The van der Waals surface area contributed by atoms with Gasteiger partial charge in [0.15, 0.2) is 0 Å². The van der Waals surface area contributed by atoms with Crippen molar-refractivity contribution in [3.05, 3.63) is 75.2 Å². The lowest BCUT2D eigenvalue weighted by molar-refractivity contribution is 0.0516. The Morgan fingerprint density at radius 2 is 1.78 bits per heavy atom. The van der Waals surface area contributed by atoms with E-state index in [0.717, 1.165) is 31.5 Å². The molecule has 4 N–H and O–H groups in total. The molecule has 0 spiro atoms. The number of aromatic amines is 2. The Morgan fingerprint density at radius 1 is 1.07 bits per heavy atom. The minimum atomic E-state index is -0.859. The number of amides is 2. The molecule has 11 nitrogen and oxygen atoms in total. The minimum Gasteiger partial charge on any atom is -0.491 e. The van der Waals surface area contributed by atoms with Gasteiger partial charge < -0.3 is 30.0 Å². The fourth-order valence-corrected chi connectivity index (χ4v) is 6.08. The number of aliphatic hydroxyl groups is 1. The molecule has 0 radical (unpaired) electrons. The number of carbonyl (C=O) groups is 2. The van der Waals surface area contributed by atoms with Crippen molar-refractivity contribution in [2.24, 2.45) is 0 Å². The molecule has 45 heavy (non-hydrogen) atoms. The third kappa shape index (κ3) is 5.97. The molecule has 4 heterocycles. The number of anilines is 1. The molecule has 6 rings (SSSR count). The number of pyridine rings is 1. The van der Waals surface area contributed by atoms with Crippen molar-refractivity contribution >= 4 is 28.5 Å². The third-order valence-corrected chi connectivity index (χ3v) is 8.77. The first kappa shape index (κ1) is 30.5. The molecule has 0 bridgehead atoms. The van der Waals surface area contributed by atoms with E-state index in [2.05, 4.69) is 52.0 Å². The number of imidazole rings is 1. The Kier molecular flexibility index (Phi) is 8.00. The summed E-state index contributed by atoms with van der Waals surface area (Å²) < 4.78 is 5.90. The van der Waals surface area contributed by atoms with Crippen molar-refractivity contribution in [2.75, 3.05) is 38.6 Å². The topological polar surface area (TPSA) is 144 Å². The molecule has 1 unspecified atom stereocenters. The van der Waals surface area contributed by atoms with E-state index in [9.17, 15) is 19.5 Å². The number of fused-ring (bicyclic) bond motifs is 2. The molecule has 2 aromatic heterocycles. The number of H-pyrrole nitrogens is 2. The van der Waals surface area contributed by atoms with Crippen LogP contribution in [-0.2, 0) is 5.41 Å². The molecular formula is C34H40N6O5. The predicted octanol–water partition coefficient (Wildman–Crippen LogP) is 4.07. The van der Waals surface area contributed by atoms with Crippen molar-refractivity contribution in [2.45, 2.75) is 58.1 Å². The number of nitrogens with zero attached hydrogens (tertiary/aromatic N) is 3. The van der Waals surface area contributed by atoms with Crippen LogP contribution < -0.4 is 15.6 Å². The first-order valence-corrected chi connectivity index (χ1v) is 15.4. The number of hydrogen-bond acceptors (Lipinski definition) is 8. The van der Waals surface area contributed by atoms with E-state index >= 15 is 0 Å². The van der Waals surface area contributed by atoms with Gasteiger partial charge in [0.25, 0.3) is 17.4 Å². The Labute approximate surface area is 261 Å². The lowest BCUT2D eigenvalue weighted by Gasteiger charge is -2.33. The highest BCUT2D eigenvalue weighted by molar-refractivity contribution is 6.23. The second kappa shape index (κ2) is 11.8. The van der Waals surface area contributed by atoms with Gasteiger partial charge in [-0.1, -0.05) is 32.9 Å². The number of aromatic nitrogens is 3. The Bertz CT molecular complexity index is 1780. The summed E-state index contributed by atoms with van der Waals surface area (Å²) in [6, 6.07) is 10.9. The number of nitrogens with one attached hydrogen (secondary N) is 3. The van der Waals surface area contributed by atoms with Crippen molar-refractivity contribution in [3.63, 3.8) is 0 Å². The van der Waals surface area contributed by atoms with E-state index in [1.54, 1.807) is 18.2 Å². The van der Waals surface area contributed by atoms with E-state index in [1.165, 1.54) is 16.7 Å². The summed E-state index contributed by atoms with van der Waals surface area (Å²) in [5.74, 6) is 0.399. The Morgan fingerprint density at radius 3 is 2.47 bits per heavy atom. The zero-order valence-corrected chi connectivity index (χ0v) is 26.4. The lowest BCUT2D eigenvalue weighted by atomic mass is 9.86. The van der Waals surface area contributed by atoms with Crippen LogP contribution >= 0.6 is 0 Å². The monoisotopic (exact) mass is 612 g/mol. The second-order valence-corrected chi connectivity index (χ2v) is 13.2. The Hall–Kier alpha value is -4.48. The first-order valence-electron chi connectivity index (χ1n) is 15.4. The van der Waals surface area contributed by atoms with Crippen LogP contribution in [0, 0.1) is 6.92 Å². The number of carbonyl (C=O) groups excluding carboxylic acids is 2. The SMILES string of the molecule is Cc1cc(C(C)(C)C)ccc1OCC(O)CNc1cc[nH]c(=O)c1-c1nc2cc3c(cc2[nH]1)C(=O)N(C1CCN(C)CC1)C3=O. The van der Waals surface area contributed by atoms with Crippen molar-refractivity contribution < 1.29 is 19.4 Å². The van der Waals surface area contributed by atoms with Crippen LogP contribution in [-0.4, -0.2) is 87.1 Å². The standard InChI is InChI=1S/C34H40N6O5/c1-19-14-20(34(2,3)4)6-7-28(19)45-18-22(41)17-36-25-8-11-35-31(42)29(25)30-37-26-15-23-24(16-27(26)38-30)33(44)40(32(23)43)21-9-12-39(5)13-10-21/h6-8,11,14-16,21-22,41H,9-10,12-13,17-18H2,1-5H3,(H,37,38)(H2,35,36,42). The van der Waals surface area contributed by atoms with Crippen LogP contribution in [0.1, 0.15) is 65.5 Å². The average Bonchev–Trinajstić information content (AvgIpc) is 3.51. The summed E-state index contributed by atoms with van der Waals surface area (Å²) in [5.41, 5.74) is 4.26. The van der Waals surface area contributed by atoms with Crippen LogP contribution in [0.5, 0.6) is 5.75 Å². The largest absolute Gasteiger partial charge is 0.491 e. The molecule has 11 heteroatoms. The molecular weight excluding hydrogens is 572 g/mol. The number of imide groups is 1. The zero-order chi connectivity index (χ0) is 32.0. The van der Waals surface area contributed by atoms with Gasteiger partial charge in [0.1, 0.15) is 29.8 Å². The molecule has 236 valence electrons. The van der Waals surface area contributed by atoms with Crippen LogP contribution in [0.3, 0.4) is 0 Å². The molecule has 1 fully saturated rings. The minimum absolute atomic E-state index is 0.0280. The van der Waals surface area contributed by atoms with Gasteiger partial charge in [0.2, 0.25) is 0 Å². The fourth-order valence-electron chi connectivity index (χ4n) is 6.08.